The number of fused-ring (bicyclic) bond motifs is 3. The van der Waals surface area contributed by atoms with E-state index < -0.39 is 62.2 Å². The van der Waals surface area contributed by atoms with Crippen molar-refractivity contribution >= 4 is 11.8 Å². The molecule has 1 saturated heterocycles. The van der Waals surface area contributed by atoms with E-state index in [1.54, 1.807) is 17.0 Å². The molecule has 122 valence electrons. The maximum Gasteiger partial charge on any atom is 0.242 e. The lowest BCUT2D eigenvalue weighted by Gasteiger charge is -2.45. The van der Waals surface area contributed by atoms with E-state index in [1.807, 2.05) is 12.1 Å². The van der Waals surface area contributed by atoms with Gasteiger partial charge in [-0.15, -0.1) is 0 Å². The van der Waals surface area contributed by atoms with Crippen molar-refractivity contribution in [1.29, 1.82) is 0 Å². The number of hydrogen-bond acceptors (Lipinski definition) is 2. The van der Waals surface area contributed by atoms with Crippen LogP contribution in [-0.2, 0) is 16.0 Å². The first-order valence-electron chi connectivity index (χ1n) is 13.0. The molecule has 2 heterocycles. The van der Waals surface area contributed by atoms with Gasteiger partial charge in [0.2, 0.25) is 11.8 Å². The van der Waals surface area contributed by atoms with Crippen molar-refractivity contribution in [3.05, 3.63) is 35.4 Å². The molecule has 3 aliphatic rings. The highest BCUT2D eigenvalue weighted by Crippen LogP contribution is 2.34. The first-order chi connectivity index (χ1) is 15.4. The van der Waals surface area contributed by atoms with Crippen LogP contribution in [0.3, 0.4) is 0 Å². The molecule has 4 heteroatoms. The van der Waals surface area contributed by atoms with E-state index in [9.17, 15) is 9.59 Å². The van der Waals surface area contributed by atoms with Gasteiger partial charge in [-0.3, -0.25) is 9.59 Å². The molecular weight excluding hydrogens is 288 g/mol. The van der Waals surface area contributed by atoms with E-state index in [4.69, 9.17) is 15.1 Å². The number of carbonyl (C=O) groups is 2. The Morgan fingerprint density at radius 1 is 1.22 bits per heavy atom. The summed E-state index contributed by atoms with van der Waals surface area (Å²) < 4.78 is 89.9. The summed E-state index contributed by atoms with van der Waals surface area (Å²) in [4.78, 5) is 28.9. The average molecular weight is 323 g/mol. The van der Waals surface area contributed by atoms with Gasteiger partial charge in [0, 0.05) is 34.1 Å². The Bertz CT molecular complexity index is 1030. The van der Waals surface area contributed by atoms with Crippen LogP contribution in [0.5, 0.6) is 0 Å². The van der Waals surface area contributed by atoms with E-state index >= 15 is 0 Å². The normalized spacial score (nSPS) is 44.4. The van der Waals surface area contributed by atoms with Gasteiger partial charge in [0.25, 0.3) is 0 Å². The van der Waals surface area contributed by atoms with Crippen molar-refractivity contribution in [3.63, 3.8) is 0 Å². The molecule has 2 fully saturated rings. The molecule has 23 heavy (non-hydrogen) atoms. The van der Waals surface area contributed by atoms with Gasteiger partial charge in [0.05, 0.1) is 12.6 Å². The number of rotatable bonds is 1. The van der Waals surface area contributed by atoms with Gasteiger partial charge in [-0.05, 0) is 30.3 Å². The summed E-state index contributed by atoms with van der Waals surface area (Å²) in [6, 6.07) is 6.58. The minimum atomic E-state index is -3.79. The molecule has 1 aromatic rings. The fourth-order valence-corrected chi connectivity index (χ4v) is 3.34. The number of carbonyl (C=O) groups excluding carboxylic acids is 2. The zero-order valence-electron chi connectivity index (χ0n) is 23.4. The summed E-state index contributed by atoms with van der Waals surface area (Å²) in [5, 5.41) is 0. The van der Waals surface area contributed by atoms with Gasteiger partial charge in [-0.25, -0.2) is 0 Å². The Kier molecular flexibility index (Phi) is 1.81. The van der Waals surface area contributed by atoms with Crippen LogP contribution in [0.1, 0.15) is 64.1 Å². The quantitative estimate of drug-likeness (QED) is 0.797. The van der Waals surface area contributed by atoms with Crippen molar-refractivity contribution < 1.29 is 24.7 Å². The van der Waals surface area contributed by atoms with E-state index in [1.165, 1.54) is 0 Å². The lowest BCUT2D eigenvalue weighted by Crippen LogP contribution is -2.56. The maximum absolute atomic E-state index is 13.7. The third-order valence-corrected chi connectivity index (χ3v) is 4.45. The highest BCUT2D eigenvalue weighted by molar-refractivity contribution is 5.87. The van der Waals surface area contributed by atoms with Crippen LogP contribution in [0, 0.1) is 5.89 Å². The van der Waals surface area contributed by atoms with Crippen molar-refractivity contribution in [1.82, 2.24) is 9.80 Å². The summed E-state index contributed by atoms with van der Waals surface area (Å²) in [5.74, 6) is -5.84. The molecule has 4 nitrogen and oxygen atoms in total. The number of benzene rings is 1. The zero-order chi connectivity index (χ0) is 25.7. The SMILES string of the molecule is [2H]C1([2H])C([2H])([2H])C([2H])([2H])C([2H])(C(=O)N2CC(=O)N3CCc4ccccc4C3C2)C([2H])([2H])C1([2H])[2H]. The number of amides is 2. The molecule has 0 bridgehead atoms. The van der Waals surface area contributed by atoms with Crippen LogP contribution in [-0.4, -0.2) is 41.2 Å². The molecule has 1 aromatic carbocycles. The summed E-state index contributed by atoms with van der Waals surface area (Å²) in [5.41, 5.74) is 1.69. The second-order valence-corrected chi connectivity index (χ2v) is 5.74. The minimum Gasteiger partial charge on any atom is -0.332 e. The standard InChI is InChI=1S/C19H24N2O2/c22-18-13-20(19(23)15-7-2-1-3-8-15)12-17-16-9-5-4-6-14(16)10-11-21(17)18/h4-6,9,15,17H,1-3,7-8,10-13H2/i1D2,2D2,3D2,7D2,8D2,15D. The smallest absolute Gasteiger partial charge is 0.242 e. The van der Waals surface area contributed by atoms with Gasteiger partial charge < -0.3 is 9.80 Å². The van der Waals surface area contributed by atoms with Gasteiger partial charge in [0.1, 0.15) is 0 Å². The molecule has 1 saturated carbocycles. The van der Waals surface area contributed by atoms with Crippen molar-refractivity contribution in [2.24, 2.45) is 5.89 Å². The van der Waals surface area contributed by atoms with Gasteiger partial charge in [-0.2, -0.15) is 0 Å². The zero-order valence-corrected chi connectivity index (χ0v) is 12.4. The average Bonchev–Trinajstić information content (AvgIpc) is 2.76. The Hall–Kier alpha value is -1.84. The van der Waals surface area contributed by atoms with Crippen molar-refractivity contribution in [3.8, 4) is 0 Å². The van der Waals surface area contributed by atoms with Crippen LogP contribution in [0.4, 0.5) is 0 Å². The molecule has 1 unspecified atom stereocenters. The molecule has 2 amide bonds. The third kappa shape index (κ3) is 2.64. The van der Waals surface area contributed by atoms with Crippen LogP contribution >= 0.6 is 0 Å². The fourth-order valence-electron chi connectivity index (χ4n) is 3.34. The summed E-state index contributed by atoms with van der Waals surface area (Å²) >= 11 is 0. The molecule has 0 N–H and O–H groups in total. The predicted octanol–water partition coefficient (Wildman–Crippen LogP) is 2.53. The first-order valence-corrected chi connectivity index (χ1v) is 7.54. The Balaban J connectivity index is 1.81. The summed E-state index contributed by atoms with van der Waals surface area (Å²) in [6.45, 7) is -0.446. The Labute approximate surface area is 152 Å². The highest BCUT2D eigenvalue weighted by atomic mass is 16.2. The first kappa shape index (κ1) is 6.96. The third-order valence-electron chi connectivity index (χ3n) is 4.45. The molecule has 0 spiro atoms. The minimum absolute atomic E-state index is 0.215. The number of piperazine rings is 1. The van der Waals surface area contributed by atoms with Crippen LogP contribution < -0.4 is 0 Å². The van der Waals surface area contributed by atoms with E-state index in [0.717, 1.165) is 16.0 Å². The van der Waals surface area contributed by atoms with Crippen LogP contribution in [0.2, 0.25) is 0 Å². The molecule has 2 aliphatic heterocycles. The number of hydrogen-bond donors (Lipinski definition) is 0. The molecule has 4 rings (SSSR count). The Morgan fingerprint density at radius 2 is 2.00 bits per heavy atom. The lowest BCUT2D eigenvalue weighted by molar-refractivity contribution is -0.152. The molecular formula is C19H24N2O2. The molecule has 1 atom stereocenters. The predicted molar refractivity (Wildman–Crippen MR) is 87.8 cm³/mol. The van der Waals surface area contributed by atoms with Crippen molar-refractivity contribution in [2.75, 3.05) is 19.6 Å². The van der Waals surface area contributed by atoms with Crippen LogP contribution in [0.15, 0.2) is 24.3 Å². The fraction of sp³-hybridized carbons (Fsp3) is 0.579. The second-order valence-electron chi connectivity index (χ2n) is 5.74. The second kappa shape index (κ2) is 5.99. The molecule has 0 aromatic heterocycles. The Morgan fingerprint density at radius 3 is 2.83 bits per heavy atom. The lowest BCUT2D eigenvalue weighted by atomic mass is 9.87. The molecule has 0 radical (unpaired) electrons. The highest BCUT2D eigenvalue weighted by Gasteiger charge is 2.39. The monoisotopic (exact) mass is 323 g/mol. The maximum atomic E-state index is 13.7. The number of nitrogens with zero attached hydrogens (tertiary/aromatic N) is 2. The van der Waals surface area contributed by atoms with Gasteiger partial charge >= 0.3 is 0 Å². The topological polar surface area (TPSA) is 40.6 Å². The largest absolute Gasteiger partial charge is 0.332 e. The van der Waals surface area contributed by atoms with Gasteiger partial charge in [0.15, 0.2) is 0 Å². The van der Waals surface area contributed by atoms with Gasteiger partial charge in [-0.1, -0.05) is 43.4 Å². The van der Waals surface area contributed by atoms with Crippen LogP contribution in [0.25, 0.3) is 0 Å². The molecule has 1 aliphatic carbocycles. The summed E-state index contributed by atoms with van der Waals surface area (Å²) in [6.07, 6.45) is -18.2. The van der Waals surface area contributed by atoms with Crippen molar-refractivity contribution in [2.45, 2.75) is 44.3 Å². The van der Waals surface area contributed by atoms with E-state index in [2.05, 4.69) is 0 Å². The summed E-state index contributed by atoms with van der Waals surface area (Å²) in [7, 11) is 0. The van der Waals surface area contributed by atoms with E-state index in [-0.39, 0.29) is 6.54 Å². The van der Waals surface area contributed by atoms with E-state index in [0.29, 0.717) is 13.0 Å².